The molecule has 0 unspecified atom stereocenters. The number of hydrogen-bond acceptors (Lipinski definition) is 12. The van der Waals surface area contributed by atoms with Gasteiger partial charge in [0.2, 0.25) is 6.10 Å². The fraction of sp³-hybridized carbons (Fsp3) is 0.667. The summed E-state index contributed by atoms with van der Waals surface area (Å²) < 4.78 is 33.8. The van der Waals surface area contributed by atoms with Gasteiger partial charge in [0.25, 0.3) is 5.76 Å². The van der Waals surface area contributed by atoms with Crippen LogP contribution in [0.1, 0.15) is 41.5 Å². The minimum atomic E-state index is -1.63. The van der Waals surface area contributed by atoms with Gasteiger partial charge in [-0.05, 0) is 41.5 Å². The maximum Gasteiger partial charge on any atom is 0.514 e. The van der Waals surface area contributed by atoms with Crippen LogP contribution in [0.5, 0.6) is 0 Å². The number of aliphatic hydroxyl groups excluding tert-OH is 1. The summed E-state index contributed by atoms with van der Waals surface area (Å²) in [5.74, 6) is -2.92. The van der Waals surface area contributed by atoms with E-state index in [1.165, 1.54) is 0 Å². The number of aliphatic hydroxyl groups is 1. The van der Waals surface area contributed by atoms with Gasteiger partial charge in [0.1, 0.15) is 6.61 Å². The summed E-state index contributed by atoms with van der Waals surface area (Å²) in [5, 5.41) is 10.3. The molecule has 2 atom stereocenters. The van der Waals surface area contributed by atoms with Crippen molar-refractivity contribution in [1.29, 1.82) is 0 Å². The lowest BCUT2D eigenvalue weighted by Crippen LogP contribution is -2.38. The Hall–Kier alpha value is -3.18. The first kappa shape index (κ1) is 24.9. The number of rotatable bonds is 8. The van der Waals surface area contributed by atoms with Gasteiger partial charge in [-0.3, -0.25) is 0 Å². The molecule has 0 saturated carbocycles. The molecule has 0 aromatic carbocycles. The molecule has 0 spiro atoms. The number of carbonyl (C=O) groups is 4. The van der Waals surface area contributed by atoms with Gasteiger partial charge in [0, 0.05) is 0 Å². The molecule has 1 heterocycles. The number of ether oxygens (including phenoxy) is 7. The summed E-state index contributed by atoms with van der Waals surface area (Å²) in [6, 6.07) is 0. The van der Waals surface area contributed by atoms with Crippen LogP contribution in [-0.2, 0) is 38.0 Å². The Morgan fingerprint density at radius 2 is 1.37 bits per heavy atom. The summed E-state index contributed by atoms with van der Waals surface area (Å²) in [4.78, 5) is 47.1. The molecule has 0 amide bonds. The Kier molecular flexibility index (Phi) is 9.21. The van der Waals surface area contributed by atoms with Gasteiger partial charge in [0.05, 0.1) is 18.3 Å². The van der Waals surface area contributed by atoms with Crippen LogP contribution in [0.4, 0.5) is 14.4 Å². The predicted octanol–water partition coefficient (Wildman–Crippen LogP) is 2.73. The van der Waals surface area contributed by atoms with Crippen molar-refractivity contribution in [3.8, 4) is 0 Å². The van der Waals surface area contributed by atoms with Crippen LogP contribution in [-0.4, -0.2) is 66.7 Å². The number of hydrogen-bond donors (Lipinski definition) is 1. The third kappa shape index (κ3) is 8.05. The second kappa shape index (κ2) is 11.1. The highest BCUT2D eigenvalue weighted by molar-refractivity contribution is 5.91. The average molecular weight is 434 g/mol. The Labute approximate surface area is 172 Å². The van der Waals surface area contributed by atoms with Crippen LogP contribution >= 0.6 is 0 Å². The maximum absolute atomic E-state index is 12.0. The van der Waals surface area contributed by atoms with Crippen LogP contribution in [0.25, 0.3) is 0 Å². The Balaban J connectivity index is 2.97. The smallest absolute Gasteiger partial charge is 0.505 e. The van der Waals surface area contributed by atoms with Crippen LogP contribution in [0.3, 0.4) is 0 Å². The average Bonchev–Trinajstić information content (AvgIpc) is 2.84. The quantitative estimate of drug-likeness (QED) is 0.441. The van der Waals surface area contributed by atoms with Crippen molar-refractivity contribution in [3.05, 3.63) is 11.5 Å². The Morgan fingerprint density at radius 1 is 0.867 bits per heavy atom. The first-order valence-corrected chi connectivity index (χ1v) is 9.13. The van der Waals surface area contributed by atoms with Crippen LogP contribution in [0, 0.1) is 0 Å². The predicted molar refractivity (Wildman–Crippen MR) is 96.3 cm³/mol. The summed E-state index contributed by atoms with van der Waals surface area (Å²) in [7, 11) is 0. The van der Waals surface area contributed by atoms with Crippen molar-refractivity contribution < 1.29 is 57.4 Å². The van der Waals surface area contributed by atoms with E-state index >= 15 is 0 Å². The first-order chi connectivity index (χ1) is 13.9. The third-order valence-corrected chi connectivity index (χ3v) is 3.05. The van der Waals surface area contributed by atoms with Crippen molar-refractivity contribution in [2.75, 3.05) is 6.61 Å². The molecule has 30 heavy (non-hydrogen) atoms. The molecule has 1 aliphatic rings. The van der Waals surface area contributed by atoms with E-state index in [9.17, 15) is 24.3 Å². The molecule has 0 fully saturated rings. The molecule has 0 saturated heterocycles. The van der Waals surface area contributed by atoms with E-state index in [4.69, 9.17) is 28.4 Å². The zero-order valence-electron chi connectivity index (χ0n) is 17.5. The normalized spacial score (nSPS) is 17.0. The van der Waals surface area contributed by atoms with Crippen molar-refractivity contribution in [2.45, 2.75) is 72.1 Å². The molecular weight excluding hydrogens is 408 g/mol. The molecule has 12 heteroatoms. The molecule has 1 N–H and O–H groups in total. The summed E-state index contributed by atoms with van der Waals surface area (Å²) in [6.45, 7) is 8.72. The van der Waals surface area contributed by atoms with Gasteiger partial charge >= 0.3 is 24.4 Å². The molecule has 0 aromatic rings. The van der Waals surface area contributed by atoms with Crippen molar-refractivity contribution in [3.63, 3.8) is 0 Å². The lowest BCUT2D eigenvalue weighted by Gasteiger charge is -2.22. The second-order valence-corrected chi connectivity index (χ2v) is 6.86. The van der Waals surface area contributed by atoms with Crippen molar-refractivity contribution in [2.24, 2.45) is 0 Å². The van der Waals surface area contributed by atoms with Gasteiger partial charge in [-0.1, -0.05) is 0 Å². The SMILES string of the molecule is CC(C)OC(=O)OC[C@H](OC(=O)OC(C)C)[C@H]1OC(=O)C(OC(=O)OC(C)C)=C1O. The van der Waals surface area contributed by atoms with Crippen molar-refractivity contribution >= 4 is 24.4 Å². The summed E-state index contributed by atoms with van der Waals surface area (Å²) in [6.07, 6.45) is -8.23. The zero-order chi connectivity index (χ0) is 23.0. The van der Waals surface area contributed by atoms with E-state index in [0.29, 0.717) is 0 Å². The molecular formula is C18H26O12. The molecule has 0 aliphatic carbocycles. The highest BCUT2D eigenvalue weighted by Crippen LogP contribution is 2.27. The Bertz CT molecular complexity index is 679. The van der Waals surface area contributed by atoms with Gasteiger partial charge in [-0.2, -0.15) is 0 Å². The standard InChI is InChI=1S/C18H26O12/c1-8(2)25-16(21)24-7-11(28-17(22)26-9(3)4)13-12(19)14(15(20)29-13)30-18(23)27-10(5)6/h8-11,13,19H,7H2,1-6H3/t11-,13+/m0/s1. The third-order valence-electron chi connectivity index (χ3n) is 3.05. The lowest BCUT2D eigenvalue weighted by molar-refractivity contribution is -0.150. The van der Waals surface area contributed by atoms with Gasteiger partial charge in [0.15, 0.2) is 11.9 Å². The van der Waals surface area contributed by atoms with Crippen LogP contribution in [0.15, 0.2) is 11.5 Å². The largest absolute Gasteiger partial charge is 0.514 e. The van der Waals surface area contributed by atoms with Gasteiger partial charge in [-0.25, -0.2) is 19.2 Å². The fourth-order valence-corrected chi connectivity index (χ4v) is 2.01. The van der Waals surface area contributed by atoms with Gasteiger partial charge in [-0.15, -0.1) is 0 Å². The minimum absolute atomic E-state index is 0.479. The zero-order valence-corrected chi connectivity index (χ0v) is 17.5. The molecule has 12 nitrogen and oxygen atoms in total. The van der Waals surface area contributed by atoms with E-state index in [1.807, 2.05) is 0 Å². The molecule has 170 valence electrons. The number of carbonyl (C=O) groups excluding carboxylic acids is 4. The fourth-order valence-electron chi connectivity index (χ4n) is 2.01. The minimum Gasteiger partial charge on any atom is -0.505 e. The summed E-state index contributed by atoms with van der Waals surface area (Å²) in [5.41, 5.74) is 0. The van der Waals surface area contributed by atoms with Gasteiger partial charge < -0.3 is 38.3 Å². The first-order valence-electron chi connectivity index (χ1n) is 9.13. The number of esters is 1. The monoisotopic (exact) mass is 434 g/mol. The van der Waals surface area contributed by atoms with E-state index in [-0.39, 0.29) is 0 Å². The topological polar surface area (TPSA) is 153 Å². The van der Waals surface area contributed by atoms with E-state index in [1.54, 1.807) is 41.5 Å². The maximum atomic E-state index is 12.0. The molecule has 0 bridgehead atoms. The molecule has 0 aromatic heterocycles. The van der Waals surface area contributed by atoms with E-state index in [2.05, 4.69) is 4.74 Å². The molecule has 1 aliphatic heterocycles. The van der Waals surface area contributed by atoms with Crippen molar-refractivity contribution in [1.82, 2.24) is 0 Å². The Morgan fingerprint density at radius 3 is 1.90 bits per heavy atom. The summed E-state index contributed by atoms with van der Waals surface area (Å²) >= 11 is 0. The highest BCUT2D eigenvalue weighted by Gasteiger charge is 2.45. The van der Waals surface area contributed by atoms with E-state index < -0.39 is 73.1 Å². The second-order valence-electron chi connectivity index (χ2n) is 6.86. The van der Waals surface area contributed by atoms with E-state index in [0.717, 1.165) is 0 Å². The van der Waals surface area contributed by atoms with Crippen LogP contribution in [0.2, 0.25) is 0 Å². The van der Waals surface area contributed by atoms with Crippen LogP contribution < -0.4 is 0 Å². The molecule has 1 rings (SSSR count). The number of cyclic esters (lactones) is 1. The lowest BCUT2D eigenvalue weighted by atomic mass is 10.2. The molecule has 0 radical (unpaired) electrons. The highest BCUT2D eigenvalue weighted by atomic mass is 16.8.